The van der Waals surface area contributed by atoms with E-state index in [1.165, 1.54) is 24.9 Å². The molecule has 0 N–H and O–H groups in total. The van der Waals surface area contributed by atoms with Crippen LogP contribution in [-0.2, 0) is 9.53 Å². The molecule has 1 atom stereocenters. The molecule has 0 bridgehead atoms. The van der Waals surface area contributed by atoms with Crippen LogP contribution < -0.4 is 24.4 Å². The van der Waals surface area contributed by atoms with E-state index < -0.39 is 16.9 Å². The zero-order chi connectivity index (χ0) is 29.3. The normalized spacial score (nSPS) is 14.8. The highest BCUT2D eigenvalue weighted by molar-refractivity contribution is 7.07. The molecule has 0 aliphatic carbocycles. The summed E-state index contributed by atoms with van der Waals surface area (Å²) in [7, 11) is 2.96. The van der Waals surface area contributed by atoms with E-state index in [1.807, 2.05) is 6.07 Å². The van der Waals surface area contributed by atoms with Crippen molar-refractivity contribution >= 4 is 29.1 Å². The number of thiazole rings is 1. The first kappa shape index (κ1) is 27.6. The molecule has 5 rings (SSSR count). The van der Waals surface area contributed by atoms with Crippen LogP contribution in [0.3, 0.4) is 0 Å². The highest BCUT2D eigenvalue weighted by atomic mass is 32.1. The molecule has 0 radical (unpaired) electrons. The first-order chi connectivity index (χ1) is 19.7. The number of methoxy groups -OCH3 is 2. The van der Waals surface area contributed by atoms with E-state index in [4.69, 9.17) is 18.6 Å². The molecular weight excluding hydrogens is 550 g/mol. The average Bonchev–Trinajstić information content (AvgIpc) is 3.56. The number of nitro groups is 1. The van der Waals surface area contributed by atoms with Gasteiger partial charge in [0.05, 0.1) is 59.2 Å². The third kappa shape index (κ3) is 5.16. The maximum Gasteiger partial charge on any atom is 0.338 e. The Hall–Kier alpha value is -4.97. The summed E-state index contributed by atoms with van der Waals surface area (Å²) in [6, 6.07) is 14.0. The Morgan fingerprint density at radius 1 is 1.15 bits per heavy atom. The smallest absolute Gasteiger partial charge is 0.338 e. The lowest BCUT2D eigenvalue weighted by Gasteiger charge is -2.24. The van der Waals surface area contributed by atoms with Gasteiger partial charge in [-0.2, -0.15) is 0 Å². The van der Waals surface area contributed by atoms with Gasteiger partial charge in [0.2, 0.25) is 0 Å². The van der Waals surface area contributed by atoms with E-state index in [2.05, 4.69) is 4.99 Å². The van der Waals surface area contributed by atoms with Crippen molar-refractivity contribution in [3.63, 3.8) is 0 Å². The number of nitro benzene ring substituents is 1. The molecular formula is C29H25N3O8S. The summed E-state index contributed by atoms with van der Waals surface area (Å²) >= 11 is 1.14. The number of fused-ring (bicyclic) bond motifs is 1. The second kappa shape index (κ2) is 11.3. The number of aromatic nitrogens is 1. The minimum Gasteiger partial charge on any atom is -0.497 e. The van der Waals surface area contributed by atoms with Gasteiger partial charge in [0.1, 0.15) is 23.0 Å². The molecule has 2 aromatic carbocycles. The molecule has 2 aromatic heterocycles. The SMILES string of the molecule is CCOC(=O)C1=C(C)N=c2s/c(=C\c3ccc(-c4ccc(OC)cc4[N+](=O)[O-])o3)c(=O)n2[C@@H]1c1cccc(OC)c1. The van der Waals surface area contributed by atoms with Crippen molar-refractivity contribution < 1.29 is 28.3 Å². The van der Waals surface area contributed by atoms with E-state index >= 15 is 0 Å². The van der Waals surface area contributed by atoms with Gasteiger partial charge in [-0.25, -0.2) is 9.79 Å². The second-order valence-electron chi connectivity index (χ2n) is 8.92. The lowest BCUT2D eigenvalue weighted by molar-refractivity contribution is -0.384. The Morgan fingerprint density at radius 3 is 2.61 bits per heavy atom. The second-order valence-corrected chi connectivity index (χ2v) is 9.93. The number of rotatable bonds is 8. The van der Waals surface area contributed by atoms with Crippen LogP contribution in [0.5, 0.6) is 11.5 Å². The highest BCUT2D eigenvalue weighted by Crippen LogP contribution is 2.35. The Bertz CT molecular complexity index is 1880. The average molecular weight is 576 g/mol. The van der Waals surface area contributed by atoms with Crippen molar-refractivity contribution in [3.05, 3.63) is 107 Å². The Labute approximate surface area is 237 Å². The number of furan rings is 1. The summed E-state index contributed by atoms with van der Waals surface area (Å²) in [5.41, 5.74) is 1.06. The molecule has 0 saturated heterocycles. The third-order valence-electron chi connectivity index (χ3n) is 6.49. The van der Waals surface area contributed by atoms with E-state index in [-0.39, 0.29) is 34.8 Å². The quantitative estimate of drug-likeness (QED) is 0.175. The topological polar surface area (TPSA) is 135 Å². The van der Waals surface area contributed by atoms with Gasteiger partial charge >= 0.3 is 5.97 Å². The number of esters is 1. The van der Waals surface area contributed by atoms with Gasteiger partial charge in [0.15, 0.2) is 4.80 Å². The van der Waals surface area contributed by atoms with Gasteiger partial charge < -0.3 is 18.6 Å². The van der Waals surface area contributed by atoms with Gasteiger partial charge in [0, 0.05) is 6.08 Å². The van der Waals surface area contributed by atoms with E-state index in [9.17, 15) is 19.7 Å². The fourth-order valence-electron chi connectivity index (χ4n) is 4.62. The zero-order valence-corrected chi connectivity index (χ0v) is 23.4. The first-order valence-electron chi connectivity index (χ1n) is 12.5. The molecule has 41 heavy (non-hydrogen) atoms. The van der Waals surface area contributed by atoms with Crippen LogP contribution in [0, 0.1) is 10.1 Å². The fourth-order valence-corrected chi connectivity index (χ4v) is 5.65. The van der Waals surface area contributed by atoms with Crippen molar-refractivity contribution in [2.75, 3.05) is 20.8 Å². The standard InChI is InChI=1S/C29H25N3O8S/c1-5-39-28(34)25-16(2)30-29-31(26(25)17-7-6-8-18(13-17)37-3)27(33)24(41-29)15-20-10-12-23(40-20)21-11-9-19(38-4)14-22(21)32(35)36/h6-15,26H,5H2,1-4H3/b24-15-/t26-/m1/s1. The summed E-state index contributed by atoms with van der Waals surface area (Å²) in [4.78, 5) is 43.0. The number of hydrogen-bond acceptors (Lipinski definition) is 10. The van der Waals surface area contributed by atoms with Crippen molar-refractivity contribution in [2.24, 2.45) is 4.99 Å². The third-order valence-corrected chi connectivity index (χ3v) is 7.48. The summed E-state index contributed by atoms with van der Waals surface area (Å²) in [5, 5.41) is 11.7. The molecule has 12 heteroatoms. The number of benzene rings is 2. The van der Waals surface area contributed by atoms with Crippen LogP contribution in [0.1, 0.15) is 31.2 Å². The van der Waals surface area contributed by atoms with Crippen molar-refractivity contribution in [3.8, 4) is 22.8 Å². The number of hydrogen-bond donors (Lipinski definition) is 0. The molecule has 0 unspecified atom stereocenters. The van der Waals surface area contributed by atoms with E-state index in [0.717, 1.165) is 11.3 Å². The summed E-state index contributed by atoms with van der Waals surface area (Å²) in [6.07, 6.45) is 1.55. The van der Waals surface area contributed by atoms with E-state index in [1.54, 1.807) is 62.4 Å². The maximum absolute atomic E-state index is 13.8. The number of carbonyl (C=O) groups excluding carboxylic acids is 1. The molecule has 11 nitrogen and oxygen atoms in total. The largest absolute Gasteiger partial charge is 0.497 e. The predicted octanol–water partition coefficient (Wildman–Crippen LogP) is 3.98. The summed E-state index contributed by atoms with van der Waals surface area (Å²) < 4.78 is 23.5. The molecule has 3 heterocycles. The Kier molecular flexibility index (Phi) is 7.58. The Balaban J connectivity index is 1.63. The number of nitrogens with zero attached hydrogens (tertiary/aromatic N) is 3. The van der Waals surface area contributed by atoms with E-state index in [0.29, 0.717) is 37.9 Å². The van der Waals surface area contributed by atoms with Crippen LogP contribution in [0.15, 0.2) is 80.1 Å². The van der Waals surface area contributed by atoms with Gasteiger partial charge in [-0.1, -0.05) is 23.5 Å². The fraction of sp³-hybridized carbons (Fsp3) is 0.207. The molecule has 0 fully saturated rings. The number of allylic oxidation sites excluding steroid dienone is 1. The first-order valence-corrected chi connectivity index (χ1v) is 13.3. The van der Waals surface area contributed by atoms with Crippen LogP contribution in [0.4, 0.5) is 5.69 Å². The zero-order valence-electron chi connectivity index (χ0n) is 22.6. The van der Waals surface area contributed by atoms with Crippen LogP contribution in [0.25, 0.3) is 17.4 Å². The molecule has 4 aromatic rings. The lowest BCUT2D eigenvalue weighted by atomic mass is 9.95. The molecule has 1 aliphatic rings. The minimum atomic E-state index is -0.795. The summed E-state index contributed by atoms with van der Waals surface area (Å²) in [5.74, 6) is 0.921. The molecule has 0 amide bonds. The molecule has 1 aliphatic heterocycles. The Morgan fingerprint density at radius 2 is 1.90 bits per heavy atom. The minimum absolute atomic E-state index is 0.165. The molecule has 0 saturated carbocycles. The van der Waals surface area contributed by atoms with Crippen molar-refractivity contribution in [2.45, 2.75) is 19.9 Å². The van der Waals surface area contributed by atoms with Gasteiger partial charge in [-0.15, -0.1) is 0 Å². The van der Waals surface area contributed by atoms with Crippen molar-refractivity contribution in [1.29, 1.82) is 0 Å². The van der Waals surface area contributed by atoms with Gasteiger partial charge in [-0.3, -0.25) is 19.5 Å². The summed E-state index contributed by atoms with van der Waals surface area (Å²) in [6.45, 7) is 3.58. The van der Waals surface area contributed by atoms with Crippen LogP contribution >= 0.6 is 11.3 Å². The van der Waals surface area contributed by atoms with Gasteiger partial charge in [0.25, 0.3) is 11.2 Å². The molecule has 210 valence electrons. The predicted molar refractivity (Wildman–Crippen MR) is 151 cm³/mol. The monoisotopic (exact) mass is 575 g/mol. The molecule has 0 spiro atoms. The van der Waals surface area contributed by atoms with Crippen molar-refractivity contribution in [1.82, 2.24) is 4.57 Å². The number of carbonyl (C=O) groups is 1. The van der Waals surface area contributed by atoms with Crippen LogP contribution in [-0.4, -0.2) is 36.3 Å². The lowest BCUT2D eigenvalue weighted by Crippen LogP contribution is -2.39. The highest BCUT2D eigenvalue weighted by Gasteiger charge is 2.33. The van der Waals surface area contributed by atoms with Crippen LogP contribution in [0.2, 0.25) is 0 Å². The maximum atomic E-state index is 13.8. The van der Waals surface area contributed by atoms with Gasteiger partial charge in [-0.05, 0) is 55.8 Å². The number of ether oxygens (including phenoxy) is 3.